The predicted molar refractivity (Wildman–Crippen MR) is 76.8 cm³/mol. The van der Waals surface area contributed by atoms with Gasteiger partial charge in [-0.25, -0.2) is 0 Å². The maximum atomic E-state index is 5.98. The molecule has 0 amide bonds. The molecule has 4 atom stereocenters. The summed E-state index contributed by atoms with van der Waals surface area (Å²) in [5.74, 6) is 1.92. The van der Waals surface area contributed by atoms with E-state index in [1.54, 1.807) is 0 Å². The molecule has 3 rings (SSSR count). The number of rotatable bonds is 1. The molecule has 2 aliphatic carbocycles. The third-order valence-corrected chi connectivity index (χ3v) is 6.29. The zero-order valence-electron chi connectivity index (χ0n) is 12.7. The van der Waals surface area contributed by atoms with E-state index >= 15 is 0 Å². The van der Waals surface area contributed by atoms with Crippen LogP contribution in [0.1, 0.15) is 52.9 Å². The van der Waals surface area contributed by atoms with Gasteiger partial charge < -0.3 is 9.47 Å². The summed E-state index contributed by atoms with van der Waals surface area (Å²) in [6.45, 7) is 12.9. The number of allylic oxidation sites excluding steroid dienone is 1. The van der Waals surface area contributed by atoms with Crippen molar-refractivity contribution in [3.8, 4) is 0 Å². The molecule has 1 aliphatic heterocycles. The van der Waals surface area contributed by atoms with Gasteiger partial charge in [0, 0.05) is 12.8 Å². The maximum Gasteiger partial charge on any atom is 0.169 e. The van der Waals surface area contributed by atoms with Crippen molar-refractivity contribution in [2.24, 2.45) is 23.2 Å². The summed E-state index contributed by atoms with van der Waals surface area (Å²) in [6, 6.07) is 0. The van der Waals surface area contributed by atoms with Crippen molar-refractivity contribution in [2.75, 3.05) is 13.2 Å². The summed E-state index contributed by atoms with van der Waals surface area (Å²) < 4.78 is 12.0. The van der Waals surface area contributed by atoms with Crippen LogP contribution in [0.4, 0.5) is 0 Å². The van der Waals surface area contributed by atoms with Gasteiger partial charge in [-0.1, -0.05) is 26.0 Å². The van der Waals surface area contributed by atoms with E-state index in [-0.39, 0.29) is 5.79 Å². The standard InChI is InChI=1S/C17H28O2/c1-12(2)14-5-6-15-11-17(18-7-8-19-17)9-13(3)16(15,4)10-14/h13-15H,1,5-11H2,2-4H3/t13-,14-,15?,16+/m1/s1. The second-order valence-corrected chi connectivity index (χ2v) is 7.44. The number of hydrogen-bond donors (Lipinski definition) is 0. The first-order chi connectivity index (χ1) is 8.95. The van der Waals surface area contributed by atoms with E-state index in [1.165, 1.54) is 24.8 Å². The Labute approximate surface area is 117 Å². The Morgan fingerprint density at radius 2 is 1.79 bits per heavy atom. The first-order valence-corrected chi connectivity index (χ1v) is 7.88. The first-order valence-electron chi connectivity index (χ1n) is 7.88. The van der Waals surface area contributed by atoms with E-state index < -0.39 is 0 Å². The topological polar surface area (TPSA) is 18.5 Å². The van der Waals surface area contributed by atoms with Crippen molar-refractivity contribution in [3.63, 3.8) is 0 Å². The van der Waals surface area contributed by atoms with Gasteiger partial charge in [0.2, 0.25) is 0 Å². The molecule has 19 heavy (non-hydrogen) atoms. The summed E-state index contributed by atoms with van der Waals surface area (Å²) in [5.41, 5.74) is 1.82. The Hall–Kier alpha value is -0.340. The van der Waals surface area contributed by atoms with Gasteiger partial charge in [0.05, 0.1) is 13.2 Å². The van der Waals surface area contributed by atoms with E-state index in [9.17, 15) is 0 Å². The highest BCUT2D eigenvalue weighted by Crippen LogP contribution is 2.59. The molecule has 2 saturated carbocycles. The predicted octanol–water partition coefficient (Wildman–Crippen LogP) is 4.16. The zero-order chi connectivity index (χ0) is 13.7. The first kappa shape index (κ1) is 13.6. The van der Waals surface area contributed by atoms with Crippen LogP contribution < -0.4 is 0 Å². The molecule has 0 radical (unpaired) electrons. The van der Waals surface area contributed by atoms with Crippen molar-refractivity contribution in [2.45, 2.75) is 58.7 Å². The number of ether oxygens (including phenoxy) is 2. The average Bonchev–Trinajstić information content (AvgIpc) is 2.79. The Balaban J connectivity index is 1.80. The molecule has 0 bridgehead atoms. The Morgan fingerprint density at radius 1 is 1.11 bits per heavy atom. The SMILES string of the molecule is C=C(C)[C@@H]1CCC2CC3(C[C@@H](C)[C@]2(C)C1)OCCO3. The molecule has 0 N–H and O–H groups in total. The minimum absolute atomic E-state index is 0.236. The third-order valence-electron chi connectivity index (χ3n) is 6.29. The van der Waals surface area contributed by atoms with Crippen molar-refractivity contribution < 1.29 is 9.47 Å². The summed E-state index contributed by atoms with van der Waals surface area (Å²) >= 11 is 0. The van der Waals surface area contributed by atoms with Gasteiger partial charge >= 0.3 is 0 Å². The summed E-state index contributed by atoms with van der Waals surface area (Å²) in [6.07, 6.45) is 6.11. The molecule has 3 fully saturated rings. The molecule has 1 saturated heterocycles. The Bertz CT molecular complexity index is 369. The van der Waals surface area contributed by atoms with E-state index in [0.29, 0.717) is 11.3 Å². The second kappa shape index (κ2) is 4.60. The molecule has 2 heteroatoms. The van der Waals surface area contributed by atoms with Crippen LogP contribution in [0.25, 0.3) is 0 Å². The molecule has 1 spiro atoms. The van der Waals surface area contributed by atoms with Crippen molar-refractivity contribution in [1.29, 1.82) is 0 Å². The minimum atomic E-state index is -0.236. The summed E-state index contributed by atoms with van der Waals surface area (Å²) in [7, 11) is 0. The van der Waals surface area contributed by atoms with Crippen LogP contribution >= 0.6 is 0 Å². The minimum Gasteiger partial charge on any atom is -0.348 e. The van der Waals surface area contributed by atoms with Gasteiger partial charge in [-0.2, -0.15) is 0 Å². The van der Waals surface area contributed by atoms with Crippen LogP contribution in [0, 0.1) is 23.2 Å². The molecular formula is C17H28O2. The van der Waals surface area contributed by atoms with Crippen LogP contribution in [-0.4, -0.2) is 19.0 Å². The van der Waals surface area contributed by atoms with E-state index in [4.69, 9.17) is 9.47 Å². The molecule has 0 aromatic heterocycles. The lowest BCUT2D eigenvalue weighted by atomic mass is 9.52. The molecule has 1 heterocycles. The molecule has 108 valence electrons. The zero-order valence-corrected chi connectivity index (χ0v) is 12.7. The molecule has 0 aromatic rings. The van der Waals surface area contributed by atoms with Gasteiger partial charge in [-0.3, -0.25) is 0 Å². The number of fused-ring (bicyclic) bond motifs is 1. The van der Waals surface area contributed by atoms with Gasteiger partial charge in [0.25, 0.3) is 0 Å². The quantitative estimate of drug-likeness (QED) is 0.662. The molecule has 2 nitrogen and oxygen atoms in total. The van der Waals surface area contributed by atoms with Gasteiger partial charge in [0.15, 0.2) is 5.79 Å². The highest BCUT2D eigenvalue weighted by molar-refractivity contribution is 5.07. The lowest BCUT2D eigenvalue weighted by molar-refractivity contribution is -0.228. The van der Waals surface area contributed by atoms with Crippen molar-refractivity contribution >= 4 is 0 Å². The Kier molecular flexibility index (Phi) is 3.30. The fourth-order valence-electron chi connectivity index (χ4n) is 4.78. The Morgan fingerprint density at radius 3 is 2.42 bits per heavy atom. The van der Waals surface area contributed by atoms with Crippen LogP contribution in [0.2, 0.25) is 0 Å². The largest absolute Gasteiger partial charge is 0.348 e. The highest BCUT2D eigenvalue weighted by atomic mass is 16.7. The molecule has 0 aromatic carbocycles. The van der Waals surface area contributed by atoms with Crippen LogP contribution in [0.15, 0.2) is 12.2 Å². The fourth-order valence-corrected chi connectivity index (χ4v) is 4.78. The molecule has 1 unspecified atom stereocenters. The second-order valence-electron chi connectivity index (χ2n) is 7.44. The molecule has 3 aliphatic rings. The maximum absolute atomic E-state index is 5.98. The van der Waals surface area contributed by atoms with Gasteiger partial charge in [0.1, 0.15) is 0 Å². The monoisotopic (exact) mass is 264 g/mol. The summed E-state index contributed by atoms with van der Waals surface area (Å²) in [4.78, 5) is 0. The van der Waals surface area contributed by atoms with Gasteiger partial charge in [-0.15, -0.1) is 0 Å². The van der Waals surface area contributed by atoms with Crippen molar-refractivity contribution in [1.82, 2.24) is 0 Å². The highest BCUT2D eigenvalue weighted by Gasteiger charge is 2.55. The fraction of sp³-hybridized carbons (Fsp3) is 0.882. The smallest absolute Gasteiger partial charge is 0.169 e. The summed E-state index contributed by atoms with van der Waals surface area (Å²) in [5, 5.41) is 0. The van der Waals surface area contributed by atoms with Crippen LogP contribution in [0.3, 0.4) is 0 Å². The lowest BCUT2D eigenvalue weighted by Crippen LogP contribution is -2.52. The number of hydrogen-bond acceptors (Lipinski definition) is 2. The average molecular weight is 264 g/mol. The van der Waals surface area contributed by atoms with E-state index in [1.807, 2.05) is 0 Å². The molecular weight excluding hydrogens is 236 g/mol. The van der Waals surface area contributed by atoms with Crippen LogP contribution in [0.5, 0.6) is 0 Å². The van der Waals surface area contributed by atoms with Crippen molar-refractivity contribution in [3.05, 3.63) is 12.2 Å². The van der Waals surface area contributed by atoms with E-state index in [2.05, 4.69) is 27.4 Å². The third kappa shape index (κ3) is 2.17. The lowest BCUT2D eigenvalue weighted by Gasteiger charge is -2.55. The van der Waals surface area contributed by atoms with E-state index in [0.717, 1.165) is 37.9 Å². The van der Waals surface area contributed by atoms with Gasteiger partial charge in [-0.05, 0) is 49.4 Å². The normalized spacial score (nSPS) is 45.1. The van der Waals surface area contributed by atoms with Crippen LogP contribution in [-0.2, 0) is 9.47 Å².